The molecule has 0 saturated heterocycles. The van der Waals surface area contributed by atoms with Gasteiger partial charge in [0.2, 0.25) is 0 Å². The zero-order valence-corrected chi connectivity index (χ0v) is 3.87. The number of hydrogen-bond donors (Lipinski definition) is 2. The molecular weight excluding hydrogens is 96.0 g/mol. The van der Waals surface area contributed by atoms with Crippen LogP contribution in [0.5, 0.6) is 0 Å². The van der Waals surface area contributed by atoms with E-state index in [1.54, 1.807) is 0 Å². The molecule has 0 aliphatic heterocycles. The molecule has 0 radical (unpaired) electrons. The van der Waals surface area contributed by atoms with Crippen LogP contribution in [0.25, 0.3) is 0 Å². The summed E-state index contributed by atoms with van der Waals surface area (Å²) in [5, 5.41) is 16.4. The highest BCUT2D eigenvalue weighted by molar-refractivity contribution is 5.49. The molecule has 0 aromatic rings. The molecule has 0 unspecified atom stereocenters. The Morgan fingerprint density at radius 3 is 2.43 bits per heavy atom. The van der Waals surface area contributed by atoms with Crippen molar-refractivity contribution in [2.24, 2.45) is 0 Å². The van der Waals surface area contributed by atoms with Crippen molar-refractivity contribution >= 4 is 6.29 Å². The molecule has 0 heterocycles. The van der Waals surface area contributed by atoms with E-state index >= 15 is 0 Å². The van der Waals surface area contributed by atoms with Gasteiger partial charge in [0.05, 0.1) is 12.7 Å². The summed E-state index contributed by atoms with van der Waals surface area (Å²) in [4.78, 5) is 9.50. The fraction of sp³-hybridized carbons (Fsp3) is 0.750. The van der Waals surface area contributed by atoms with Gasteiger partial charge in [-0.05, 0) is 0 Å². The van der Waals surface area contributed by atoms with Crippen LogP contribution in [0.4, 0.5) is 0 Å². The molecule has 3 heteroatoms. The van der Waals surface area contributed by atoms with Crippen molar-refractivity contribution in [3.63, 3.8) is 0 Å². The molecule has 1 atom stereocenters. The van der Waals surface area contributed by atoms with Crippen LogP contribution in [-0.4, -0.2) is 29.2 Å². The van der Waals surface area contributed by atoms with Gasteiger partial charge in [-0.3, -0.25) is 0 Å². The lowest BCUT2D eigenvalue weighted by Crippen LogP contribution is -2.11. The fourth-order valence-electron chi connectivity index (χ4n) is 0.186. The maximum absolute atomic E-state index is 9.50. The third-order valence-corrected chi connectivity index (χ3v) is 0.579. The van der Waals surface area contributed by atoms with Gasteiger partial charge < -0.3 is 15.0 Å². The van der Waals surface area contributed by atoms with E-state index in [1.807, 2.05) is 0 Å². The van der Waals surface area contributed by atoms with Crippen molar-refractivity contribution in [3.8, 4) is 0 Å². The smallest absolute Gasteiger partial charge is 0.122 e. The second-order valence-electron chi connectivity index (χ2n) is 1.24. The molecule has 0 aliphatic carbocycles. The average Bonchev–Trinajstić information content (AvgIpc) is 1.68. The van der Waals surface area contributed by atoms with E-state index in [9.17, 15) is 4.79 Å². The lowest BCUT2D eigenvalue weighted by molar-refractivity contribution is -0.110. The van der Waals surface area contributed by atoms with Gasteiger partial charge in [0.1, 0.15) is 6.29 Å². The van der Waals surface area contributed by atoms with Crippen LogP contribution in [-0.2, 0) is 4.79 Å². The molecule has 0 amide bonds. The number of aldehydes is 1. The summed E-state index contributed by atoms with van der Waals surface area (Å²) < 4.78 is 0. The van der Waals surface area contributed by atoms with Crippen molar-refractivity contribution in [2.45, 2.75) is 12.5 Å². The maximum Gasteiger partial charge on any atom is 0.122 e. The van der Waals surface area contributed by atoms with Gasteiger partial charge in [0, 0.05) is 6.42 Å². The Bertz CT molecular complexity index is 52.9. The van der Waals surface area contributed by atoms with E-state index in [1.165, 1.54) is 0 Å². The quantitative estimate of drug-likeness (QED) is 0.448. The number of hydrogen-bond acceptors (Lipinski definition) is 3. The van der Waals surface area contributed by atoms with Crippen LogP contribution in [0.1, 0.15) is 6.42 Å². The van der Waals surface area contributed by atoms with E-state index in [-0.39, 0.29) is 13.0 Å². The minimum absolute atomic E-state index is 0.0243. The molecule has 42 valence electrons. The van der Waals surface area contributed by atoms with Gasteiger partial charge in [0.15, 0.2) is 0 Å². The Kier molecular flexibility index (Phi) is 3.55. The van der Waals surface area contributed by atoms with Crippen molar-refractivity contribution in [1.29, 1.82) is 0 Å². The third kappa shape index (κ3) is 3.42. The molecule has 7 heavy (non-hydrogen) atoms. The summed E-state index contributed by atoms with van der Waals surface area (Å²) in [6.45, 7) is -0.335. The Hall–Kier alpha value is -0.410. The Labute approximate surface area is 41.6 Å². The zero-order valence-electron chi connectivity index (χ0n) is 3.87. The maximum atomic E-state index is 9.50. The molecular formula is C4H8O3. The topological polar surface area (TPSA) is 57.5 Å². The van der Waals surface area contributed by atoms with Gasteiger partial charge in [-0.2, -0.15) is 0 Å². The molecule has 0 aromatic carbocycles. The number of rotatable bonds is 3. The second kappa shape index (κ2) is 3.77. The number of aliphatic hydroxyl groups excluding tert-OH is 2. The van der Waals surface area contributed by atoms with Crippen molar-refractivity contribution in [1.82, 2.24) is 0 Å². The van der Waals surface area contributed by atoms with E-state index < -0.39 is 6.10 Å². The lowest BCUT2D eigenvalue weighted by Gasteiger charge is -1.96. The number of aliphatic hydroxyl groups is 2. The first kappa shape index (κ1) is 6.59. The SMILES string of the molecule is O=CC[C@H](O)CO. The van der Waals surface area contributed by atoms with Crippen LogP contribution in [0.15, 0.2) is 0 Å². The van der Waals surface area contributed by atoms with Gasteiger partial charge in [-0.15, -0.1) is 0 Å². The van der Waals surface area contributed by atoms with E-state index in [0.717, 1.165) is 0 Å². The third-order valence-electron chi connectivity index (χ3n) is 0.579. The van der Waals surface area contributed by atoms with Gasteiger partial charge in [0.25, 0.3) is 0 Å². The normalized spacial score (nSPS) is 13.4. The van der Waals surface area contributed by atoms with Gasteiger partial charge in [-0.25, -0.2) is 0 Å². The molecule has 0 aromatic heterocycles. The largest absolute Gasteiger partial charge is 0.394 e. The molecule has 0 aliphatic rings. The lowest BCUT2D eigenvalue weighted by atomic mass is 10.3. The molecule has 0 spiro atoms. The predicted molar refractivity (Wildman–Crippen MR) is 23.8 cm³/mol. The molecule has 0 saturated carbocycles. The molecule has 2 N–H and O–H groups in total. The summed E-state index contributed by atoms with van der Waals surface area (Å²) in [5.74, 6) is 0. The Balaban J connectivity index is 2.98. The number of carbonyl (C=O) groups is 1. The zero-order chi connectivity index (χ0) is 5.70. The van der Waals surface area contributed by atoms with Crippen molar-refractivity contribution in [3.05, 3.63) is 0 Å². The Morgan fingerprint density at radius 2 is 2.29 bits per heavy atom. The number of carbonyl (C=O) groups excluding carboxylic acids is 1. The molecule has 0 fully saturated rings. The summed E-state index contributed by atoms with van der Waals surface area (Å²) in [7, 11) is 0. The van der Waals surface area contributed by atoms with E-state index in [0.29, 0.717) is 6.29 Å². The fourth-order valence-corrected chi connectivity index (χ4v) is 0.186. The van der Waals surface area contributed by atoms with E-state index in [2.05, 4.69) is 0 Å². The minimum Gasteiger partial charge on any atom is -0.394 e. The average molecular weight is 104 g/mol. The summed E-state index contributed by atoms with van der Waals surface area (Å²) >= 11 is 0. The summed E-state index contributed by atoms with van der Waals surface area (Å²) in [6, 6.07) is 0. The van der Waals surface area contributed by atoms with E-state index in [4.69, 9.17) is 10.2 Å². The second-order valence-corrected chi connectivity index (χ2v) is 1.24. The highest BCUT2D eigenvalue weighted by Gasteiger charge is 1.96. The molecule has 0 rings (SSSR count). The minimum atomic E-state index is -0.863. The Morgan fingerprint density at radius 1 is 1.71 bits per heavy atom. The van der Waals surface area contributed by atoms with Crippen LogP contribution >= 0.6 is 0 Å². The first-order chi connectivity index (χ1) is 3.31. The predicted octanol–water partition coefficient (Wildman–Crippen LogP) is -1.07. The van der Waals surface area contributed by atoms with Crippen LogP contribution < -0.4 is 0 Å². The van der Waals surface area contributed by atoms with Gasteiger partial charge >= 0.3 is 0 Å². The summed E-state index contributed by atoms with van der Waals surface area (Å²) in [5.41, 5.74) is 0. The molecule has 0 bridgehead atoms. The van der Waals surface area contributed by atoms with Gasteiger partial charge in [-0.1, -0.05) is 0 Å². The molecule has 3 nitrogen and oxygen atoms in total. The standard InChI is InChI=1S/C4H8O3/c5-2-1-4(7)3-6/h2,4,6-7H,1,3H2/t4-/m0/s1. The van der Waals surface area contributed by atoms with Crippen LogP contribution in [0, 0.1) is 0 Å². The summed E-state index contributed by atoms with van der Waals surface area (Å²) in [6.07, 6.45) is -0.269. The van der Waals surface area contributed by atoms with Crippen molar-refractivity contribution < 1.29 is 15.0 Å². The van der Waals surface area contributed by atoms with Crippen LogP contribution in [0.2, 0.25) is 0 Å². The highest BCUT2D eigenvalue weighted by atomic mass is 16.3. The first-order valence-corrected chi connectivity index (χ1v) is 2.03. The van der Waals surface area contributed by atoms with Crippen molar-refractivity contribution in [2.75, 3.05) is 6.61 Å². The van der Waals surface area contributed by atoms with Crippen LogP contribution in [0.3, 0.4) is 0 Å². The first-order valence-electron chi connectivity index (χ1n) is 2.03. The monoisotopic (exact) mass is 104 g/mol. The highest BCUT2D eigenvalue weighted by Crippen LogP contribution is 1.81.